The molecule has 0 unspecified atom stereocenters. The molecule has 78 valence electrons. The molecule has 0 aliphatic heterocycles. The number of allylic oxidation sites excluding steroid dienone is 4. The third-order valence-electron chi connectivity index (χ3n) is 2.24. The van der Waals surface area contributed by atoms with Gasteiger partial charge in [0.1, 0.15) is 12.6 Å². The lowest BCUT2D eigenvalue weighted by molar-refractivity contribution is -0.105. The number of carbonyl (C=O) groups excluding carboxylic acids is 2. The molecule has 0 saturated carbocycles. The summed E-state index contributed by atoms with van der Waals surface area (Å²) in [7, 11) is 0. The van der Waals surface area contributed by atoms with Crippen LogP contribution >= 0.6 is 0 Å². The fourth-order valence-electron chi connectivity index (χ4n) is 1.25. The zero-order chi connectivity index (χ0) is 11.0. The van der Waals surface area contributed by atoms with Crippen molar-refractivity contribution in [3.63, 3.8) is 0 Å². The van der Waals surface area contributed by atoms with Gasteiger partial charge in [0.05, 0.1) is 0 Å². The normalized spacial score (nSPS) is 13.5. The van der Waals surface area contributed by atoms with E-state index in [0.717, 1.165) is 42.1 Å². The van der Waals surface area contributed by atoms with Crippen molar-refractivity contribution in [1.82, 2.24) is 0 Å². The van der Waals surface area contributed by atoms with E-state index < -0.39 is 0 Å². The predicted octanol–water partition coefficient (Wildman–Crippen LogP) is 2.84. The first-order valence-electron chi connectivity index (χ1n) is 5.06. The van der Waals surface area contributed by atoms with Gasteiger partial charge in [0, 0.05) is 0 Å². The molecule has 0 amide bonds. The van der Waals surface area contributed by atoms with Crippen LogP contribution in [0.1, 0.15) is 40.0 Å². The van der Waals surface area contributed by atoms with Crippen LogP contribution in [0.3, 0.4) is 0 Å². The van der Waals surface area contributed by atoms with E-state index in [0.29, 0.717) is 6.42 Å². The maximum absolute atomic E-state index is 10.7. The largest absolute Gasteiger partial charge is 0.298 e. The average molecular weight is 194 g/mol. The van der Waals surface area contributed by atoms with Crippen LogP contribution in [0.15, 0.2) is 22.8 Å². The second kappa shape index (κ2) is 7.25. The Hall–Kier alpha value is -1.18. The second-order valence-corrected chi connectivity index (χ2v) is 3.07. The molecule has 14 heavy (non-hydrogen) atoms. The molecule has 0 N–H and O–H groups in total. The van der Waals surface area contributed by atoms with Crippen LogP contribution in [-0.2, 0) is 9.59 Å². The van der Waals surface area contributed by atoms with Gasteiger partial charge in [-0.15, -0.1) is 0 Å². The zero-order valence-electron chi connectivity index (χ0n) is 9.17. The molecule has 0 heterocycles. The Labute approximate surface area is 85.7 Å². The summed E-state index contributed by atoms with van der Waals surface area (Å²) in [4.78, 5) is 21.3. The number of aldehydes is 2. The lowest BCUT2D eigenvalue weighted by Gasteiger charge is -2.03. The summed E-state index contributed by atoms with van der Waals surface area (Å²) in [6.45, 7) is 5.86. The third kappa shape index (κ3) is 3.69. The van der Waals surface area contributed by atoms with Gasteiger partial charge in [-0.05, 0) is 36.0 Å². The van der Waals surface area contributed by atoms with Gasteiger partial charge in [-0.25, -0.2) is 0 Å². The summed E-state index contributed by atoms with van der Waals surface area (Å²) in [5, 5.41) is 0. The van der Waals surface area contributed by atoms with E-state index in [2.05, 4.69) is 0 Å². The van der Waals surface area contributed by atoms with E-state index >= 15 is 0 Å². The van der Waals surface area contributed by atoms with Crippen LogP contribution in [0.4, 0.5) is 0 Å². The van der Waals surface area contributed by atoms with Gasteiger partial charge < -0.3 is 0 Å². The molecule has 2 nitrogen and oxygen atoms in total. The number of carbonyl (C=O) groups is 2. The van der Waals surface area contributed by atoms with E-state index in [1.807, 2.05) is 26.8 Å². The van der Waals surface area contributed by atoms with Crippen LogP contribution in [0.5, 0.6) is 0 Å². The Morgan fingerprint density at radius 3 is 1.71 bits per heavy atom. The molecular weight excluding hydrogens is 176 g/mol. The van der Waals surface area contributed by atoms with E-state index in [1.165, 1.54) is 0 Å². The van der Waals surface area contributed by atoms with Crippen molar-refractivity contribution in [2.24, 2.45) is 0 Å². The minimum absolute atomic E-state index is 0.711. The second-order valence-electron chi connectivity index (χ2n) is 3.07. The van der Waals surface area contributed by atoms with E-state index in [-0.39, 0.29) is 0 Å². The van der Waals surface area contributed by atoms with Crippen molar-refractivity contribution in [3.05, 3.63) is 22.8 Å². The van der Waals surface area contributed by atoms with Gasteiger partial charge in [0.2, 0.25) is 0 Å². The molecule has 0 aliphatic rings. The molecule has 0 fully saturated rings. The lowest BCUT2D eigenvalue weighted by atomic mass is 10.0. The Balaban J connectivity index is 5.05. The van der Waals surface area contributed by atoms with Gasteiger partial charge in [0.15, 0.2) is 0 Å². The summed E-state index contributed by atoms with van der Waals surface area (Å²) >= 11 is 0. The smallest absolute Gasteiger partial charge is 0.146 e. The van der Waals surface area contributed by atoms with Gasteiger partial charge in [0.25, 0.3) is 0 Å². The highest BCUT2D eigenvalue weighted by atomic mass is 16.1. The monoisotopic (exact) mass is 194 g/mol. The van der Waals surface area contributed by atoms with Gasteiger partial charge in [-0.1, -0.05) is 26.8 Å². The number of hydrogen-bond donors (Lipinski definition) is 0. The quantitative estimate of drug-likeness (QED) is 0.370. The molecule has 0 aromatic carbocycles. The Kier molecular flexibility index (Phi) is 6.63. The van der Waals surface area contributed by atoms with Crippen LogP contribution in [0, 0.1) is 0 Å². The molecule has 0 aliphatic carbocycles. The molecule has 0 spiro atoms. The fourth-order valence-corrected chi connectivity index (χ4v) is 1.25. The average Bonchev–Trinajstić information content (AvgIpc) is 2.24. The zero-order valence-corrected chi connectivity index (χ0v) is 9.17. The summed E-state index contributed by atoms with van der Waals surface area (Å²) in [5.74, 6) is 0. The first-order chi connectivity index (χ1) is 6.73. The molecule has 0 rings (SSSR count). The van der Waals surface area contributed by atoms with Crippen LogP contribution in [-0.4, -0.2) is 12.6 Å². The van der Waals surface area contributed by atoms with Crippen LogP contribution in [0.25, 0.3) is 0 Å². The molecule has 2 heteroatoms. The SMILES string of the molecule is CCC(C=O)=CC(CC)=C(C=O)CC. The van der Waals surface area contributed by atoms with Crippen LogP contribution < -0.4 is 0 Å². The van der Waals surface area contributed by atoms with Crippen molar-refractivity contribution in [2.45, 2.75) is 40.0 Å². The van der Waals surface area contributed by atoms with Crippen molar-refractivity contribution < 1.29 is 9.59 Å². The Morgan fingerprint density at radius 2 is 1.43 bits per heavy atom. The standard InChI is InChI=1S/C12H18O2/c1-4-10(8-13)7-11(5-2)12(6-3)9-14/h7-9H,4-6H2,1-3H3. The van der Waals surface area contributed by atoms with E-state index in [1.54, 1.807) is 0 Å². The van der Waals surface area contributed by atoms with Crippen molar-refractivity contribution in [2.75, 3.05) is 0 Å². The van der Waals surface area contributed by atoms with Gasteiger partial charge >= 0.3 is 0 Å². The van der Waals surface area contributed by atoms with Gasteiger partial charge in [-0.2, -0.15) is 0 Å². The summed E-state index contributed by atoms with van der Waals surface area (Å²) in [6, 6.07) is 0. The highest BCUT2D eigenvalue weighted by molar-refractivity contribution is 5.78. The maximum atomic E-state index is 10.7. The Bertz CT molecular complexity index is 259. The number of hydrogen-bond acceptors (Lipinski definition) is 2. The molecule has 0 aromatic heterocycles. The Morgan fingerprint density at radius 1 is 0.857 bits per heavy atom. The van der Waals surface area contributed by atoms with E-state index in [9.17, 15) is 9.59 Å². The minimum atomic E-state index is 0.711. The highest BCUT2D eigenvalue weighted by Crippen LogP contribution is 2.14. The molecule has 0 radical (unpaired) electrons. The molecule has 0 bridgehead atoms. The lowest BCUT2D eigenvalue weighted by Crippen LogP contribution is -1.92. The van der Waals surface area contributed by atoms with Crippen molar-refractivity contribution in [3.8, 4) is 0 Å². The highest BCUT2D eigenvalue weighted by Gasteiger charge is 2.01. The fraction of sp³-hybridized carbons (Fsp3) is 0.500. The summed E-state index contributed by atoms with van der Waals surface area (Å²) in [6.07, 6.45) is 5.79. The van der Waals surface area contributed by atoms with Crippen molar-refractivity contribution in [1.29, 1.82) is 0 Å². The summed E-state index contributed by atoms with van der Waals surface area (Å²) < 4.78 is 0. The van der Waals surface area contributed by atoms with Crippen molar-refractivity contribution >= 4 is 12.6 Å². The third-order valence-corrected chi connectivity index (χ3v) is 2.24. The molecule has 0 atom stereocenters. The first-order valence-corrected chi connectivity index (χ1v) is 5.06. The predicted molar refractivity (Wildman–Crippen MR) is 58.1 cm³/mol. The number of rotatable bonds is 6. The minimum Gasteiger partial charge on any atom is -0.298 e. The maximum Gasteiger partial charge on any atom is 0.146 e. The van der Waals surface area contributed by atoms with E-state index in [4.69, 9.17) is 0 Å². The molecule has 0 aromatic rings. The molecular formula is C12H18O2. The van der Waals surface area contributed by atoms with Gasteiger partial charge in [-0.3, -0.25) is 9.59 Å². The topological polar surface area (TPSA) is 34.1 Å². The molecule has 0 saturated heterocycles. The van der Waals surface area contributed by atoms with Crippen LogP contribution in [0.2, 0.25) is 0 Å². The summed E-state index contributed by atoms with van der Waals surface area (Å²) in [5.41, 5.74) is 2.52. The first kappa shape index (κ1) is 12.8.